The summed E-state index contributed by atoms with van der Waals surface area (Å²) < 4.78 is 12.2. The lowest BCUT2D eigenvalue weighted by Crippen LogP contribution is -2.56. The lowest BCUT2D eigenvalue weighted by molar-refractivity contribution is -0.141. The predicted molar refractivity (Wildman–Crippen MR) is 239 cm³/mol. The van der Waals surface area contributed by atoms with Crippen LogP contribution in [-0.4, -0.2) is 109 Å². The predicted octanol–water partition coefficient (Wildman–Crippen LogP) is 1.58. The molecule has 4 atom stereocenters. The maximum Gasteiger partial charge on any atom is 0.255 e. The Morgan fingerprint density at radius 2 is 1.61 bits per heavy atom. The molecule has 18 nitrogen and oxygen atoms in total. The van der Waals surface area contributed by atoms with Gasteiger partial charge in [0.1, 0.15) is 55.4 Å². The highest BCUT2D eigenvalue weighted by atomic mass is 16.5. The lowest BCUT2D eigenvalue weighted by Gasteiger charge is -2.32. The van der Waals surface area contributed by atoms with Crippen LogP contribution in [0.4, 0.5) is 0 Å². The fourth-order valence-electron chi connectivity index (χ4n) is 7.30. The van der Waals surface area contributed by atoms with Gasteiger partial charge >= 0.3 is 0 Å². The molecular formula is C46H57N11O7. The molecule has 1 aromatic heterocycles. The normalized spacial score (nSPS) is 16.5. The third-order valence-corrected chi connectivity index (χ3v) is 10.6. The van der Waals surface area contributed by atoms with Gasteiger partial charge in [-0.15, -0.1) is 0 Å². The van der Waals surface area contributed by atoms with Gasteiger partial charge in [0.25, 0.3) is 5.91 Å². The first-order valence-electron chi connectivity index (χ1n) is 21.2. The number of rotatable bonds is 17. The molecule has 5 rings (SSSR count). The molecule has 0 unspecified atom stereocenters. The average molecular weight is 876 g/mol. The maximum absolute atomic E-state index is 14.6. The molecule has 5 amide bonds. The molecule has 4 bridgehead atoms. The first-order valence-corrected chi connectivity index (χ1v) is 21.2. The van der Waals surface area contributed by atoms with Gasteiger partial charge in [-0.2, -0.15) is 5.26 Å². The number of aromatic nitrogens is 2. The largest absolute Gasteiger partial charge is 0.492 e. The molecule has 18 heteroatoms. The third kappa shape index (κ3) is 11.9. The van der Waals surface area contributed by atoms with E-state index in [4.69, 9.17) is 31.9 Å². The molecule has 1 aliphatic rings. The second kappa shape index (κ2) is 22.9. The Kier molecular flexibility index (Phi) is 17.2. The van der Waals surface area contributed by atoms with Crippen molar-refractivity contribution in [3.05, 3.63) is 94.8 Å². The number of nitrogens with one attached hydrogen (secondary N) is 4. The van der Waals surface area contributed by atoms with Crippen molar-refractivity contribution in [2.45, 2.75) is 70.6 Å². The van der Waals surface area contributed by atoms with Gasteiger partial charge < -0.3 is 52.8 Å². The topological polar surface area (TPSA) is 283 Å². The van der Waals surface area contributed by atoms with Crippen LogP contribution in [0.25, 0.3) is 22.5 Å². The van der Waals surface area contributed by atoms with E-state index in [9.17, 15) is 24.0 Å². The molecule has 0 radical (unpaired) electrons. The van der Waals surface area contributed by atoms with Crippen LogP contribution in [-0.2, 0) is 32.0 Å². The Bertz CT molecular complexity index is 2350. The number of nitriles is 1. The number of nitrogens with zero attached hydrogens (tertiary/aromatic N) is 4. The minimum atomic E-state index is -1.40. The van der Waals surface area contributed by atoms with Crippen molar-refractivity contribution in [2.24, 2.45) is 17.2 Å². The number of likely N-dealkylation sites (N-methyl/N-ethyl adjacent to an activating group) is 1. The smallest absolute Gasteiger partial charge is 0.255 e. The summed E-state index contributed by atoms with van der Waals surface area (Å²) >= 11 is 0. The summed E-state index contributed by atoms with van der Waals surface area (Å²) in [5, 5.41) is 19.8. The summed E-state index contributed by atoms with van der Waals surface area (Å²) in [6.45, 7) is 5.60. The number of fused-ring (bicyclic) bond motifs is 5. The number of nitrogens with two attached hydrogens (primary N) is 3. The molecule has 0 fully saturated rings. The van der Waals surface area contributed by atoms with Crippen molar-refractivity contribution in [3.8, 4) is 40.1 Å². The van der Waals surface area contributed by atoms with Crippen molar-refractivity contribution >= 4 is 29.5 Å². The molecule has 0 saturated carbocycles. The summed E-state index contributed by atoms with van der Waals surface area (Å²) in [5.74, 6) is -2.14. The van der Waals surface area contributed by atoms with Gasteiger partial charge in [0.2, 0.25) is 23.6 Å². The lowest BCUT2D eigenvalue weighted by atomic mass is 9.93. The fourth-order valence-corrected chi connectivity index (χ4v) is 7.30. The fraction of sp³-hybridized carbons (Fsp3) is 0.391. The molecule has 64 heavy (non-hydrogen) atoms. The van der Waals surface area contributed by atoms with Gasteiger partial charge in [0.05, 0.1) is 17.3 Å². The highest BCUT2D eigenvalue weighted by molar-refractivity contribution is 6.00. The van der Waals surface area contributed by atoms with E-state index in [1.807, 2.05) is 30.3 Å². The first kappa shape index (κ1) is 48.1. The Morgan fingerprint density at radius 1 is 0.938 bits per heavy atom. The van der Waals surface area contributed by atoms with Crippen LogP contribution in [0.1, 0.15) is 65.5 Å². The van der Waals surface area contributed by atoms with E-state index >= 15 is 0 Å². The molecule has 0 spiro atoms. The number of carbonyl (C=O) groups excluding carboxylic acids is 5. The Labute approximate surface area is 372 Å². The molecule has 2 heterocycles. The van der Waals surface area contributed by atoms with E-state index in [1.54, 1.807) is 43.3 Å². The van der Waals surface area contributed by atoms with Crippen LogP contribution in [0.3, 0.4) is 0 Å². The van der Waals surface area contributed by atoms with Crippen LogP contribution in [0.2, 0.25) is 0 Å². The van der Waals surface area contributed by atoms with E-state index in [1.165, 1.54) is 30.6 Å². The van der Waals surface area contributed by atoms with Crippen LogP contribution in [0.15, 0.2) is 66.9 Å². The molecule has 0 saturated heterocycles. The van der Waals surface area contributed by atoms with Crippen molar-refractivity contribution in [3.63, 3.8) is 0 Å². The van der Waals surface area contributed by atoms with Gasteiger partial charge in [-0.3, -0.25) is 24.0 Å². The SMILES string of the molecule is CCCc1ccc(-c2ncc(C(=O)N[C@@H](CCN)C(=O)N(C)[C@@H]3C(=O)N[C@@H](C)C(=O)N[C@H](C(=O)NCC#N)Cc4ccc(OCCN)c(c4)-c4cc3ccc4OCCN)c(C)n2)cc1. The van der Waals surface area contributed by atoms with E-state index in [0.29, 0.717) is 45.3 Å². The van der Waals surface area contributed by atoms with Crippen LogP contribution < -0.4 is 47.9 Å². The van der Waals surface area contributed by atoms with Gasteiger partial charge in [-0.25, -0.2) is 9.97 Å². The van der Waals surface area contributed by atoms with Crippen molar-refractivity contribution < 1.29 is 33.4 Å². The van der Waals surface area contributed by atoms with Crippen molar-refractivity contribution in [1.82, 2.24) is 36.1 Å². The number of amides is 5. The molecule has 1 aliphatic heterocycles. The summed E-state index contributed by atoms with van der Waals surface area (Å²) in [5.41, 5.74) is 22.0. The molecule has 3 aromatic carbocycles. The van der Waals surface area contributed by atoms with Crippen LogP contribution in [0.5, 0.6) is 11.5 Å². The van der Waals surface area contributed by atoms with Crippen molar-refractivity contribution in [1.29, 1.82) is 5.26 Å². The zero-order valence-corrected chi connectivity index (χ0v) is 36.6. The second-order valence-electron chi connectivity index (χ2n) is 15.3. The quantitative estimate of drug-likeness (QED) is 0.0743. The Hall–Kier alpha value is -6.94. The standard InChI is InChI=1S/C46H57N11O7/c1-5-6-29-7-10-31(11-8-29)41-52-26-35(27(2)53-41)43(59)55-36(15-16-47)46(62)57(4)40-32-12-14-39(64-22-19-50)34(25-32)33-23-30(9-13-38(33)63-21-18-49)24-37(44(60)51-20-17-48)56-42(58)28(3)54-45(40)61/h7-14,23,25-26,28,36-37,40H,5-6,15-16,18-22,24,47,49-50H2,1-4H3,(H,51,60)(H,54,61)(H,55,59)(H,56,58)/t28-,36-,37-,40-/m0/s1. The second-order valence-corrected chi connectivity index (χ2v) is 15.3. The Balaban J connectivity index is 1.56. The number of ether oxygens (including phenoxy) is 2. The monoisotopic (exact) mass is 875 g/mol. The highest BCUT2D eigenvalue weighted by Gasteiger charge is 2.36. The summed E-state index contributed by atoms with van der Waals surface area (Å²) in [6, 6.07) is 14.9. The maximum atomic E-state index is 14.6. The molecule has 338 valence electrons. The average Bonchev–Trinajstić information content (AvgIpc) is 3.29. The highest BCUT2D eigenvalue weighted by Crippen LogP contribution is 2.40. The number of carbonyl (C=O) groups is 5. The number of hydrogen-bond acceptors (Lipinski definition) is 13. The zero-order valence-electron chi connectivity index (χ0n) is 36.6. The summed E-state index contributed by atoms with van der Waals surface area (Å²) in [6.07, 6.45) is 3.38. The van der Waals surface area contributed by atoms with E-state index in [0.717, 1.165) is 18.4 Å². The summed E-state index contributed by atoms with van der Waals surface area (Å²) in [7, 11) is 1.41. The molecular weight excluding hydrogens is 819 g/mol. The molecule has 10 N–H and O–H groups in total. The van der Waals surface area contributed by atoms with E-state index in [-0.39, 0.29) is 57.8 Å². The summed E-state index contributed by atoms with van der Waals surface area (Å²) in [4.78, 5) is 80.2. The van der Waals surface area contributed by atoms with Crippen LogP contribution in [0, 0.1) is 18.3 Å². The molecule has 4 aromatic rings. The minimum absolute atomic E-state index is 0.00331. The third-order valence-electron chi connectivity index (χ3n) is 10.6. The van der Waals surface area contributed by atoms with Gasteiger partial charge in [0, 0.05) is 49.4 Å². The van der Waals surface area contributed by atoms with Crippen LogP contribution >= 0.6 is 0 Å². The number of aryl methyl sites for hydroxylation is 2. The van der Waals surface area contributed by atoms with E-state index in [2.05, 4.69) is 38.2 Å². The first-order chi connectivity index (χ1) is 30.8. The number of benzene rings is 3. The van der Waals surface area contributed by atoms with Gasteiger partial charge in [-0.1, -0.05) is 49.7 Å². The minimum Gasteiger partial charge on any atom is -0.492 e. The molecule has 0 aliphatic carbocycles. The van der Waals surface area contributed by atoms with E-state index < -0.39 is 53.7 Å². The number of hydrogen-bond donors (Lipinski definition) is 7. The van der Waals surface area contributed by atoms with Gasteiger partial charge in [0.15, 0.2) is 5.82 Å². The zero-order chi connectivity index (χ0) is 46.3. The van der Waals surface area contributed by atoms with Crippen molar-refractivity contribution in [2.75, 3.05) is 46.4 Å². The Morgan fingerprint density at radius 3 is 2.23 bits per heavy atom. The van der Waals surface area contributed by atoms with Gasteiger partial charge in [-0.05, 0) is 74.2 Å².